The number of hydrogen-bond donors (Lipinski definition) is 1. The predicted octanol–water partition coefficient (Wildman–Crippen LogP) is 0.670. The second-order valence-electron chi connectivity index (χ2n) is 6.36. The predicted molar refractivity (Wildman–Crippen MR) is 83.5 cm³/mol. The van der Waals surface area contributed by atoms with E-state index in [0.29, 0.717) is 57.2 Å². The molecule has 128 valence electrons. The third kappa shape index (κ3) is 2.69. The second kappa shape index (κ2) is 5.98. The maximum Gasteiger partial charge on any atom is 0.238 e. The van der Waals surface area contributed by atoms with Crippen molar-refractivity contribution in [3.8, 4) is 11.5 Å². The van der Waals surface area contributed by atoms with Crippen molar-refractivity contribution in [1.29, 1.82) is 0 Å². The van der Waals surface area contributed by atoms with Gasteiger partial charge < -0.3 is 24.4 Å². The Morgan fingerprint density at radius 3 is 2.62 bits per heavy atom. The fraction of sp³-hybridized carbons (Fsp3) is 0.529. The van der Waals surface area contributed by atoms with Crippen LogP contribution in [0.1, 0.15) is 18.4 Å². The van der Waals surface area contributed by atoms with Crippen LogP contribution in [0.4, 0.5) is 0 Å². The molecule has 7 heteroatoms. The Balaban J connectivity index is 1.38. The zero-order chi connectivity index (χ0) is 16.6. The number of nitrogens with zero attached hydrogens (tertiary/aromatic N) is 1. The molecule has 0 aromatic heterocycles. The molecule has 2 amide bonds. The Labute approximate surface area is 139 Å². The van der Waals surface area contributed by atoms with Gasteiger partial charge in [0.15, 0.2) is 11.5 Å². The molecule has 1 saturated carbocycles. The highest BCUT2D eigenvalue weighted by Gasteiger charge is 2.57. The fourth-order valence-corrected chi connectivity index (χ4v) is 3.13. The van der Waals surface area contributed by atoms with E-state index in [4.69, 9.17) is 14.2 Å². The summed E-state index contributed by atoms with van der Waals surface area (Å²) in [5.41, 5.74) is 0.0513. The monoisotopic (exact) mass is 332 g/mol. The minimum Gasteiger partial charge on any atom is -0.454 e. The number of ether oxygens (including phenoxy) is 3. The van der Waals surface area contributed by atoms with E-state index in [1.165, 1.54) is 0 Å². The van der Waals surface area contributed by atoms with Crippen LogP contribution in [0, 0.1) is 5.41 Å². The molecule has 2 aliphatic heterocycles. The van der Waals surface area contributed by atoms with E-state index in [1.807, 2.05) is 18.2 Å². The molecule has 0 unspecified atom stereocenters. The summed E-state index contributed by atoms with van der Waals surface area (Å²) in [4.78, 5) is 27.0. The molecule has 1 N–H and O–H groups in total. The maximum atomic E-state index is 12.7. The van der Waals surface area contributed by atoms with Crippen molar-refractivity contribution in [2.24, 2.45) is 5.41 Å². The molecule has 0 spiro atoms. The van der Waals surface area contributed by atoms with Crippen molar-refractivity contribution in [2.75, 3.05) is 33.1 Å². The van der Waals surface area contributed by atoms with E-state index in [0.717, 1.165) is 5.56 Å². The molecule has 1 aromatic rings. The van der Waals surface area contributed by atoms with Gasteiger partial charge in [-0.3, -0.25) is 9.59 Å². The van der Waals surface area contributed by atoms with Crippen LogP contribution >= 0.6 is 0 Å². The molecule has 0 bridgehead atoms. The van der Waals surface area contributed by atoms with Crippen LogP contribution < -0.4 is 14.8 Å². The molecule has 7 nitrogen and oxygen atoms in total. The van der Waals surface area contributed by atoms with Gasteiger partial charge in [0.05, 0.1) is 13.2 Å². The summed E-state index contributed by atoms with van der Waals surface area (Å²) in [5.74, 6) is 1.16. The lowest BCUT2D eigenvalue weighted by Crippen LogP contribution is -2.49. The number of fused-ring (bicyclic) bond motifs is 1. The van der Waals surface area contributed by atoms with Gasteiger partial charge in [-0.1, -0.05) is 6.07 Å². The Bertz CT molecular complexity index is 665. The first-order chi connectivity index (χ1) is 11.7. The van der Waals surface area contributed by atoms with Crippen LogP contribution in [0.25, 0.3) is 0 Å². The Kier molecular flexibility index (Phi) is 3.80. The largest absolute Gasteiger partial charge is 0.454 e. The molecular formula is C17H20N2O5. The second-order valence-corrected chi connectivity index (χ2v) is 6.36. The quantitative estimate of drug-likeness (QED) is 0.820. The van der Waals surface area contributed by atoms with Gasteiger partial charge >= 0.3 is 0 Å². The van der Waals surface area contributed by atoms with Gasteiger partial charge in [-0.2, -0.15) is 0 Å². The third-order valence-corrected chi connectivity index (χ3v) is 4.78. The first-order valence-electron chi connectivity index (χ1n) is 8.23. The Hall–Kier alpha value is -2.28. The van der Waals surface area contributed by atoms with Crippen molar-refractivity contribution < 1.29 is 23.8 Å². The zero-order valence-electron chi connectivity index (χ0n) is 13.4. The number of amides is 2. The summed E-state index contributed by atoms with van der Waals surface area (Å²) >= 11 is 0. The lowest BCUT2D eigenvalue weighted by molar-refractivity contribution is -0.147. The van der Waals surface area contributed by atoms with Crippen LogP contribution in [0.15, 0.2) is 18.2 Å². The minimum absolute atomic E-state index is 0.0611. The molecule has 1 aliphatic carbocycles. The average molecular weight is 332 g/mol. The molecule has 2 fully saturated rings. The molecule has 0 atom stereocenters. The summed E-state index contributed by atoms with van der Waals surface area (Å²) in [5, 5.41) is 2.90. The highest BCUT2D eigenvalue weighted by Crippen LogP contribution is 2.47. The van der Waals surface area contributed by atoms with Crippen molar-refractivity contribution in [1.82, 2.24) is 10.2 Å². The Morgan fingerprint density at radius 2 is 1.88 bits per heavy atom. The smallest absolute Gasteiger partial charge is 0.238 e. The van der Waals surface area contributed by atoms with Crippen molar-refractivity contribution in [2.45, 2.75) is 19.4 Å². The number of carbonyl (C=O) groups is 2. The number of carbonyl (C=O) groups excluding carboxylic acids is 2. The summed E-state index contributed by atoms with van der Waals surface area (Å²) in [6.07, 6.45) is 1.24. The fourth-order valence-electron chi connectivity index (χ4n) is 3.13. The van der Waals surface area contributed by atoms with Crippen molar-refractivity contribution in [3.05, 3.63) is 23.8 Å². The van der Waals surface area contributed by atoms with Gasteiger partial charge in [0.2, 0.25) is 18.6 Å². The van der Waals surface area contributed by atoms with Crippen molar-refractivity contribution in [3.63, 3.8) is 0 Å². The number of nitrogens with one attached hydrogen (secondary N) is 1. The van der Waals surface area contributed by atoms with E-state index >= 15 is 0 Å². The van der Waals surface area contributed by atoms with E-state index < -0.39 is 5.41 Å². The van der Waals surface area contributed by atoms with Crippen LogP contribution in [0.3, 0.4) is 0 Å². The standard InChI is InChI=1S/C17H20N2O5/c20-15(17(3-4-17)16(21)19-5-7-22-8-6-19)18-10-12-1-2-13-14(9-12)24-11-23-13/h1-2,9H,3-8,10-11H2,(H,18,20). The number of rotatable bonds is 4. The van der Waals surface area contributed by atoms with Crippen molar-refractivity contribution >= 4 is 11.8 Å². The van der Waals surface area contributed by atoms with Crippen LogP contribution in [-0.4, -0.2) is 49.8 Å². The van der Waals surface area contributed by atoms with E-state index in [2.05, 4.69) is 5.32 Å². The number of hydrogen-bond acceptors (Lipinski definition) is 5. The van der Waals surface area contributed by atoms with Gasteiger partial charge in [0, 0.05) is 19.6 Å². The molecule has 1 aromatic carbocycles. The SMILES string of the molecule is O=C(NCc1ccc2c(c1)OCO2)C1(C(=O)N2CCOCC2)CC1. The van der Waals surface area contributed by atoms with E-state index in [1.54, 1.807) is 4.90 Å². The van der Waals surface area contributed by atoms with Gasteiger partial charge in [-0.25, -0.2) is 0 Å². The van der Waals surface area contributed by atoms with Gasteiger partial charge in [0.25, 0.3) is 0 Å². The molecule has 4 rings (SSSR count). The van der Waals surface area contributed by atoms with Gasteiger partial charge in [-0.05, 0) is 30.5 Å². The zero-order valence-corrected chi connectivity index (χ0v) is 13.4. The molecular weight excluding hydrogens is 312 g/mol. The Morgan fingerprint density at radius 1 is 1.12 bits per heavy atom. The van der Waals surface area contributed by atoms with E-state index in [9.17, 15) is 9.59 Å². The summed E-state index contributed by atoms with van der Waals surface area (Å²) in [7, 11) is 0. The van der Waals surface area contributed by atoms with Crippen LogP contribution in [0.5, 0.6) is 11.5 Å². The lowest BCUT2D eigenvalue weighted by atomic mass is 10.0. The highest BCUT2D eigenvalue weighted by molar-refractivity contribution is 6.07. The first-order valence-corrected chi connectivity index (χ1v) is 8.23. The van der Waals surface area contributed by atoms with Crippen LogP contribution in [-0.2, 0) is 20.9 Å². The molecule has 2 heterocycles. The molecule has 0 radical (unpaired) electrons. The third-order valence-electron chi connectivity index (χ3n) is 4.78. The average Bonchev–Trinajstić information content (AvgIpc) is 3.31. The van der Waals surface area contributed by atoms with Gasteiger partial charge in [0.1, 0.15) is 5.41 Å². The van der Waals surface area contributed by atoms with E-state index in [-0.39, 0.29) is 18.6 Å². The minimum atomic E-state index is -0.867. The molecule has 24 heavy (non-hydrogen) atoms. The number of benzene rings is 1. The molecule has 1 saturated heterocycles. The summed E-state index contributed by atoms with van der Waals surface area (Å²) in [6.45, 7) is 2.81. The molecule has 3 aliphatic rings. The normalized spacial score (nSPS) is 20.6. The lowest BCUT2D eigenvalue weighted by Gasteiger charge is -2.30. The number of morpholine rings is 1. The van der Waals surface area contributed by atoms with Crippen LogP contribution in [0.2, 0.25) is 0 Å². The summed E-state index contributed by atoms with van der Waals surface area (Å²) in [6, 6.07) is 5.57. The topological polar surface area (TPSA) is 77.1 Å². The van der Waals surface area contributed by atoms with Gasteiger partial charge in [-0.15, -0.1) is 0 Å². The first kappa shape index (κ1) is 15.3. The highest BCUT2D eigenvalue weighted by atomic mass is 16.7. The summed E-state index contributed by atoms with van der Waals surface area (Å²) < 4.78 is 15.9. The maximum absolute atomic E-state index is 12.7.